The van der Waals surface area contributed by atoms with Crippen LogP contribution < -0.4 is 5.14 Å². The molecule has 1 aromatic heterocycles. The Morgan fingerprint density at radius 3 is 2.21 bits per heavy atom. The Balaban J connectivity index is 3.51. The monoisotopic (exact) mass is 217 g/mol. The van der Waals surface area contributed by atoms with Crippen LogP contribution in [-0.2, 0) is 22.5 Å². The van der Waals surface area contributed by atoms with E-state index in [9.17, 15) is 8.42 Å². The molecular formula is C8H15N3O2S. The van der Waals surface area contributed by atoms with Crippen molar-refractivity contribution in [2.45, 2.75) is 31.2 Å². The van der Waals surface area contributed by atoms with Gasteiger partial charge in [-0.2, -0.15) is 5.10 Å². The molecule has 0 atom stereocenters. The van der Waals surface area contributed by atoms with Crippen LogP contribution in [0.4, 0.5) is 0 Å². The topological polar surface area (TPSA) is 78.0 Å². The Labute approximate surface area is 84.0 Å². The van der Waals surface area contributed by atoms with Crippen molar-refractivity contribution in [3.05, 3.63) is 11.8 Å². The van der Waals surface area contributed by atoms with E-state index in [2.05, 4.69) is 5.10 Å². The Hall–Kier alpha value is -0.880. The molecule has 0 amide bonds. The summed E-state index contributed by atoms with van der Waals surface area (Å²) in [5.74, 6) is 0. The van der Waals surface area contributed by atoms with Gasteiger partial charge in [-0.25, -0.2) is 13.6 Å². The van der Waals surface area contributed by atoms with Crippen LogP contribution in [0.5, 0.6) is 0 Å². The Kier molecular flexibility index (Phi) is 2.45. The van der Waals surface area contributed by atoms with E-state index in [1.165, 1.54) is 4.68 Å². The van der Waals surface area contributed by atoms with Gasteiger partial charge in [-0.05, 0) is 5.41 Å². The Morgan fingerprint density at radius 2 is 1.93 bits per heavy atom. The first kappa shape index (κ1) is 11.2. The third kappa shape index (κ3) is 1.96. The minimum atomic E-state index is -3.70. The highest BCUT2D eigenvalue weighted by Gasteiger charge is 2.27. The number of rotatable bonds is 1. The number of sulfonamides is 1. The average Bonchev–Trinajstić information content (AvgIpc) is 2.27. The van der Waals surface area contributed by atoms with Crippen molar-refractivity contribution in [3.63, 3.8) is 0 Å². The van der Waals surface area contributed by atoms with Gasteiger partial charge in [0.1, 0.15) is 0 Å². The molecule has 6 heteroatoms. The van der Waals surface area contributed by atoms with E-state index >= 15 is 0 Å². The summed E-state index contributed by atoms with van der Waals surface area (Å²) >= 11 is 0. The predicted molar refractivity (Wildman–Crippen MR) is 53.3 cm³/mol. The minimum absolute atomic E-state index is 0.0880. The van der Waals surface area contributed by atoms with E-state index in [0.29, 0.717) is 5.56 Å². The lowest BCUT2D eigenvalue weighted by atomic mass is 9.90. The number of aryl methyl sites for hydroxylation is 1. The van der Waals surface area contributed by atoms with Crippen molar-refractivity contribution < 1.29 is 8.42 Å². The normalized spacial score (nSPS) is 13.2. The van der Waals surface area contributed by atoms with Crippen molar-refractivity contribution in [3.8, 4) is 0 Å². The standard InChI is InChI=1S/C8H15N3O2S/c1-8(2,3)6-5-10-11(4)7(6)14(9,12)13/h5H,1-4H3,(H2,9,12,13). The quantitative estimate of drug-likeness (QED) is 0.738. The lowest BCUT2D eigenvalue weighted by molar-refractivity contribution is 0.543. The zero-order chi connectivity index (χ0) is 11.1. The third-order valence-electron chi connectivity index (χ3n) is 1.96. The fourth-order valence-corrected chi connectivity index (χ4v) is 2.36. The van der Waals surface area contributed by atoms with Crippen molar-refractivity contribution in [1.82, 2.24) is 9.78 Å². The highest BCUT2D eigenvalue weighted by atomic mass is 32.2. The molecule has 0 bridgehead atoms. The van der Waals surface area contributed by atoms with E-state index in [1.807, 2.05) is 20.8 Å². The average molecular weight is 217 g/mol. The summed E-state index contributed by atoms with van der Waals surface area (Å²) in [6.07, 6.45) is 1.54. The van der Waals surface area contributed by atoms with Crippen LogP contribution in [0, 0.1) is 0 Å². The van der Waals surface area contributed by atoms with E-state index in [1.54, 1.807) is 13.2 Å². The maximum atomic E-state index is 11.3. The smallest absolute Gasteiger partial charge is 0.255 e. The molecule has 0 saturated carbocycles. The second-order valence-corrected chi connectivity index (χ2v) is 5.76. The summed E-state index contributed by atoms with van der Waals surface area (Å²) in [5.41, 5.74) is 0.359. The molecular weight excluding hydrogens is 202 g/mol. The van der Waals surface area contributed by atoms with E-state index in [0.717, 1.165) is 0 Å². The van der Waals surface area contributed by atoms with Gasteiger partial charge in [0.2, 0.25) is 0 Å². The summed E-state index contributed by atoms with van der Waals surface area (Å²) in [6, 6.07) is 0. The number of aromatic nitrogens is 2. The van der Waals surface area contributed by atoms with E-state index < -0.39 is 10.0 Å². The first-order valence-electron chi connectivity index (χ1n) is 4.19. The molecule has 1 heterocycles. The number of nitrogens with two attached hydrogens (primary N) is 1. The molecule has 0 aliphatic carbocycles. The van der Waals surface area contributed by atoms with Gasteiger partial charge in [0, 0.05) is 12.6 Å². The van der Waals surface area contributed by atoms with Crippen molar-refractivity contribution >= 4 is 10.0 Å². The van der Waals surface area contributed by atoms with Crippen LogP contribution >= 0.6 is 0 Å². The number of nitrogens with zero attached hydrogens (tertiary/aromatic N) is 2. The first-order valence-corrected chi connectivity index (χ1v) is 5.74. The highest BCUT2D eigenvalue weighted by Crippen LogP contribution is 2.27. The maximum Gasteiger partial charge on any atom is 0.255 e. The second kappa shape index (κ2) is 3.06. The largest absolute Gasteiger partial charge is 0.256 e. The number of primary sulfonamides is 1. The van der Waals surface area contributed by atoms with Gasteiger partial charge in [0.15, 0.2) is 5.03 Å². The summed E-state index contributed by atoms with van der Waals surface area (Å²) in [7, 11) is -2.14. The fourth-order valence-electron chi connectivity index (χ4n) is 1.28. The van der Waals surface area contributed by atoms with Crippen LogP contribution in [-0.4, -0.2) is 18.2 Å². The van der Waals surface area contributed by atoms with Gasteiger partial charge in [0.25, 0.3) is 10.0 Å². The van der Waals surface area contributed by atoms with Gasteiger partial charge >= 0.3 is 0 Å². The van der Waals surface area contributed by atoms with Crippen LogP contribution in [0.2, 0.25) is 0 Å². The van der Waals surface area contributed by atoms with Gasteiger partial charge in [0.05, 0.1) is 6.20 Å². The molecule has 0 fully saturated rings. The summed E-state index contributed by atoms with van der Waals surface area (Å²) in [6.45, 7) is 5.75. The molecule has 1 aromatic rings. The van der Waals surface area contributed by atoms with Gasteiger partial charge in [-0.3, -0.25) is 4.68 Å². The highest BCUT2D eigenvalue weighted by molar-refractivity contribution is 7.89. The van der Waals surface area contributed by atoms with Crippen LogP contribution in [0.1, 0.15) is 26.3 Å². The summed E-state index contributed by atoms with van der Waals surface area (Å²) in [4.78, 5) is 0. The molecule has 14 heavy (non-hydrogen) atoms. The predicted octanol–water partition coefficient (Wildman–Crippen LogP) is 0.365. The van der Waals surface area contributed by atoms with Crippen molar-refractivity contribution in [2.24, 2.45) is 12.2 Å². The number of hydrogen-bond donors (Lipinski definition) is 1. The molecule has 5 nitrogen and oxygen atoms in total. The van der Waals surface area contributed by atoms with Crippen LogP contribution in [0.3, 0.4) is 0 Å². The molecule has 0 aromatic carbocycles. The van der Waals surface area contributed by atoms with Crippen molar-refractivity contribution in [1.29, 1.82) is 0 Å². The van der Waals surface area contributed by atoms with Crippen molar-refractivity contribution in [2.75, 3.05) is 0 Å². The van der Waals surface area contributed by atoms with Gasteiger partial charge in [-0.15, -0.1) is 0 Å². The third-order valence-corrected chi connectivity index (χ3v) is 2.99. The minimum Gasteiger partial charge on any atom is -0.256 e. The lowest BCUT2D eigenvalue weighted by Gasteiger charge is -2.17. The molecule has 1 rings (SSSR count). The van der Waals surface area contributed by atoms with E-state index in [4.69, 9.17) is 5.14 Å². The molecule has 2 N–H and O–H groups in total. The van der Waals surface area contributed by atoms with Gasteiger partial charge in [-0.1, -0.05) is 20.8 Å². The van der Waals surface area contributed by atoms with Gasteiger partial charge < -0.3 is 0 Å². The summed E-state index contributed by atoms with van der Waals surface area (Å²) < 4.78 is 23.9. The SMILES string of the molecule is Cn1ncc(C(C)(C)C)c1S(N)(=O)=O. The molecule has 0 spiro atoms. The Morgan fingerprint density at radius 1 is 1.43 bits per heavy atom. The van der Waals surface area contributed by atoms with Crippen LogP contribution in [0.15, 0.2) is 11.2 Å². The molecule has 0 aliphatic heterocycles. The second-order valence-electron chi connectivity index (χ2n) is 4.28. The maximum absolute atomic E-state index is 11.3. The Bertz CT molecular complexity index is 440. The fraction of sp³-hybridized carbons (Fsp3) is 0.625. The lowest BCUT2D eigenvalue weighted by Crippen LogP contribution is -2.22. The molecule has 0 aliphatic rings. The molecule has 0 radical (unpaired) electrons. The first-order chi connectivity index (χ1) is 6.14. The molecule has 0 unspecified atom stereocenters. The molecule has 80 valence electrons. The zero-order valence-corrected chi connectivity index (χ0v) is 9.59. The molecule has 0 saturated heterocycles. The number of hydrogen-bond acceptors (Lipinski definition) is 3. The van der Waals surface area contributed by atoms with E-state index in [-0.39, 0.29) is 10.4 Å². The summed E-state index contributed by atoms with van der Waals surface area (Å²) in [5, 5.41) is 9.11. The zero-order valence-electron chi connectivity index (χ0n) is 8.77. The van der Waals surface area contributed by atoms with Crippen LogP contribution in [0.25, 0.3) is 0 Å².